The largest absolute Gasteiger partial charge is 0.459 e. The Kier molecular flexibility index (Phi) is 3.17. The zero-order chi connectivity index (χ0) is 15.7. The van der Waals surface area contributed by atoms with Crippen molar-refractivity contribution in [2.24, 2.45) is 0 Å². The van der Waals surface area contributed by atoms with Gasteiger partial charge in [-0.3, -0.25) is 14.9 Å². The fraction of sp³-hybridized carbons (Fsp3) is 0.133. The lowest BCUT2D eigenvalue weighted by molar-refractivity contribution is -0.123. The van der Waals surface area contributed by atoms with Crippen molar-refractivity contribution < 1.29 is 18.8 Å². The molecule has 0 aliphatic carbocycles. The molecular weight excluding hydrogens is 286 g/mol. The highest BCUT2D eigenvalue weighted by atomic mass is 16.3. The average molecular weight is 299 g/mol. The number of hydrogen-bond donors (Lipinski definition) is 3. The fourth-order valence-corrected chi connectivity index (χ4v) is 2.25. The Morgan fingerprint density at radius 2 is 2.05 bits per heavy atom. The van der Waals surface area contributed by atoms with Gasteiger partial charge < -0.3 is 15.1 Å². The van der Waals surface area contributed by atoms with Crippen LogP contribution in [-0.4, -0.2) is 17.8 Å². The van der Waals surface area contributed by atoms with Crippen LogP contribution in [0.1, 0.15) is 23.0 Å². The number of anilines is 1. The molecule has 1 aliphatic rings. The molecule has 1 saturated heterocycles. The molecule has 1 aromatic carbocycles. The van der Waals surface area contributed by atoms with Crippen LogP contribution >= 0.6 is 0 Å². The number of furan rings is 1. The zero-order valence-corrected chi connectivity index (χ0v) is 11.7. The van der Waals surface area contributed by atoms with Crippen LogP contribution in [0.4, 0.5) is 10.5 Å². The molecule has 3 N–H and O–H groups in total. The fourth-order valence-electron chi connectivity index (χ4n) is 2.25. The molecule has 1 fully saturated rings. The van der Waals surface area contributed by atoms with E-state index in [1.807, 2.05) is 0 Å². The van der Waals surface area contributed by atoms with E-state index in [4.69, 9.17) is 4.42 Å². The molecule has 4 amide bonds. The summed E-state index contributed by atoms with van der Waals surface area (Å²) in [7, 11) is 0. The first-order valence-corrected chi connectivity index (χ1v) is 6.58. The van der Waals surface area contributed by atoms with Crippen LogP contribution in [0.15, 0.2) is 47.1 Å². The van der Waals surface area contributed by atoms with Crippen LogP contribution in [0, 0.1) is 0 Å². The van der Waals surface area contributed by atoms with E-state index in [0.29, 0.717) is 11.3 Å². The molecule has 0 saturated carbocycles. The molecule has 1 aliphatic heterocycles. The summed E-state index contributed by atoms with van der Waals surface area (Å²) >= 11 is 0. The molecule has 0 unspecified atom stereocenters. The van der Waals surface area contributed by atoms with E-state index in [0.717, 1.165) is 0 Å². The van der Waals surface area contributed by atoms with Gasteiger partial charge in [-0.2, -0.15) is 0 Å². The Morgan fingerprint density at radius 1 is 1.23 bits per heavy atom. The number of hydrogen-bond acceptors (Lipinski definition) is 4. The molecule has 1 aromatic heterocycles. The van der Waals surface area contributed by atoms with Gasteiger partial charge in [0.05, 0.1) is 6.26 Å². The van der Waals surface area contributed by atoms with E-state index in [1.165, 1.54) is 6.26 Å². The third-order valence-corrected chi connectivity index (χ3v) is 3.49. The maximum Gasteiger partial charge on any atom is 0.322 e. The number of carbonyl (C=O) groups excluding carboxylic acids is 3. The Labute approximate surface area is 125 Å². The van der Waals surface area contributed by atoms with E-state index in [-0.39, 0.29) is 5.76 Å². The summed E-state index contributed by atoms with van der Waals surface area (Å²) < 4.78 is 5.02. The van der Waals surface area contributed by atoms with Gasteiger partial charge in [-0.05, 0) is 36.8 Å². The maximum absolute atomic E-state index is 12.0. The molecule has 7 nitrogen and oxygen atoms in total. The number of carbonyl (C=O) groups is 3. The number of urea groups is 1. The summed E-state index contributed by atoms with van der Waals surface area (Å²) in [6.07, 6.45) is 1.41. The highest BCUT2D eigenvalue weighted by molar-refractivity contribution is 6.07. The first-order valence-electron chi connectivity index (χ1n) is 6.58. The van der Waals surface area contributed by atoms with Gasteiger partial charge in [0.2, 0.25) is 0 Å². The van der Waals surface area contributed by atoms with E-state index >= 15 is 0 Å². The lowest BCUT2D eigenvalue weighted by atomic mass is 9.92. The van der Waals surface area contributed by atoms with Crippen molar-refractivity contribution in [3.05, 3.63) is 54.0 Å². The highest BCUT2D eigenvalue weighted by Gasteiger charge is 2.43. The summed E-state index contributed by atoms with van der Waals surface area (Å²) in [6, 6.07) is 9.33. The molecule has 0 radical (unpaired) electrons. The molecule has 1 atom stereocenters. The predicted octanol–water partition coefficient (Wildman–Crippen LogP) is 1.59. The standard InChI is InChI=1S/C15H13N3O4/c1-15(13(20)17-14(21)18-15)9-4-2-5-10(8-9)16-12(19)11-6-3-7-22-11/h2-8H,1H3,(H,16,19)(H2,17,18,20,21)/t15-/m1/s1. The van der Waals surface area contributed by atoms with Crippen LogP contribution in [0.3, 0.4) is 0 Å². The van der Waals surface area contributed by atoms with Gasteiger partial charge in [-0.15, -0.1) is 0 Å². The molecular formula is C15H13N3O4. The molecule has 3 rings (SSSR count). The quantitative estimate of drug-likeness (QED) is 0.749. The number of amides is 4. The average Bonchev–Trinajstić information content (AvgIpc) is 3.09. The van der Waals surface area contributed by atoms with E-state index < -0.39 is 23.4 Å². The summed E-state index contributed by atoms with van der Waals surface area (Å²) in [5.41, 5.74) is -0.107. The van der Waals surface area contributed by atoms with Crippen molar-refractivity contribution in [3.63, 3.8) is 0 Å². The lowest BCUT2D eigenvalue weighted by Crippen LogP contribution is -2.40. The first kappa shape index (κ1) is 13.9. The minimum atomic E-state index is -1.16. The zero-order valence-electron chi connectivity index (χ0n) is 11.7. The molecule has 0 bridgehead atoms. The summed E-state index contributed by atoms with van der Waals surface area (Å²) in [5, 5.41) is 7.45. The molecule has 22 heavy (non-hydrogen) atoms. The second-order valence-corrected chi connectivity index (χ2v) is 5.05. The monoisotopic (exact) mass is 299 g/mol. The van der Waals surface area contributed by atoms with Crippen molar-refractivity contribution in [3.8, 4) is 0 Å². The number of imide groups is 1. The lowest BCUT2D eigenvalue weighted by Gasteiger charge is -2.21. The van der Waals surface area contributed by atoms with Gasteiger partial charge in [0, 0.05) is 5.69 Å². The van der Waals surface area contributed by atoms with Crippen molar-refractivity contribution in [1.29, 1.82) is 0 Å². The second-order valence-electron chi connectivity index (χ2n) is 5.05. The maximum atomic E-state index is 12.0. The van der Waals surface area contributed by atoms with Gasteiger partial charge in [-0.1, -0.05) is 12.1 Å². The van der Waals surface area contributed by atoms with Gasteiger partial charge in [0.1, 0.15) is 5.54 Å². The molecule has 2 aromatic rings. The predicted molar refractivity (Wildman–Crippen MR) is 77.1 cm³/mol. The van der Waals surface area contributed by atoms with Crippen LogP contribution in [0.25, 0.3) is 0 Å². The third-order valence-electron chi connectivity index (χ3n) is 3.49. The Balaban J connectivity index is 1.86. The minimum Gasteiger partial charge on any atom is -0.459 e. The van der Waals surface area contributed by atoms with Crippen molar-refractivity contribution in [1.82, 2.24) is 10.6 Å². The minimum absolute atomic E-state index is 0.184. The van der Waals surface area contributed by atoms with Gasteiger partial charge in [-0.25, -0.2) is 4.79 Å². The van der Waals surface area contributed by atoms with Crippen molar-refractivity contribution in [2.75, 3.05) is 5.32 Å². The summed E-state index contributed by atoms with van der Waals surface area (Å²) in [5.74, 6) is -0.650. The van der Waals surface area contributed by atoms with Crippen molar-refractivity contribution in [2.45, 2.75) is 12.5 Å². The van der Waals surface area contributed by atoms with Gasteiger partial charge in [0.15, 0.2) is 5.76 Å². The number of benzene rings is 1. The van der Waals surface area contributed by atoms with Crippen LogP contribution in [0.5, 0.6) is 0 Å². The number of nitrogens with one attached hydrogen (secondary N) is 3. The molecule has 112 valence electrons. The van der Waals surface area contributed by atoms with E-state index in [9.17, 15) is 14.4 Å². The topological polar surface area (TPSA) is 100 Å². The van der Waals surface area contributed by atoms with E-state index in [1.54, 1.807) is 43.3 Å². The smallest absolute Gasteiger partial charge is 0.322 e. The Hall–Kier alpha value is -3.09. The first-order chi connectivity index (χ1) is 10.5. The summed E-state index contributed by atoms with van der Waals surface area (Å²) in [4.78, 5) is 35.2. The normalized spacial score (nSPS) is 20.4. The summed E-state index contributed by atoms with van der Waals surface area (Å²) in [6.45, 7) is 1.60. The highest BCUT2D eigenvalue weighted by Crippen LogP contribution is 2.26. The van der Waals surface area contributed by atoms with E-state index in [2.05, 4.69) is 16.0 Å². The Morgan fingerprint density at radius 3 is 2.68 bits per heavy atom. The molecule has 2 heterocycles. The molecule has 0 spiro atoms. The molecule has 7 heteroatoms. The Bertz CT molecular complexity index is 754. The van der Waals surface area contributed by atoms with Crippen LogP contribution in [-0.2, 0) is 10.3 Å². The SMILES string of the molecule is C[C@]1(c2cccc(NC(=O)c3ccco3)c2)NC(=O)NC1=O. The second kappa shape index (κ2) is 5.03. The number of rotatable bonds is 3. The van der Waals surface area contributed by atoms with Crippen LogP contribution in [0.2, 0.25) is 0 Å². The van der Waals surface area contributed by atoms with Gasteiger partial charge in [0.25, 0.3) is 11.8 Å². The van der Waals surface area contributed by atoms with Crippen molar-refractivity contribution >= 4 is 23.5 Å². The van der Waals surface area contributed by atoms with Gasteiger partial charge >= 0.3 is 6.03 Å². The van der Waals surface area contributed by atoms with Crippen LogP contribution < -0.4 is 16.0 Å². The third kappa shape index (κ3) is 2.32.